The lowest BCUT2D eigenvalue weighted by atomic mass is 9.99. The number of carbonyl (C=O) groups excluding carboxylic acids is 2. The third-order valence-electron chi connectivity index (χ3n) is 3.02. The van der Waals surface area contributed by atoms with Crippen LogP contribution in [0.4, 0.5) is 5.82 Å². The summed E-state index contributed by atoms with van der Waals surface area (Å²) in [4.78, 5) is 28.6. The number of nitriles is 2. The summed E-state index contributed by atoms with van der Waals surface area (Å²) in [6, 6.07) is 7.03. The molecule has 0 aliphatic rings. The number of thioether (sulfide) groups is 1. The molecule has 0 radical (unpaired) electrons. The maximum absolute atomic E-state index is 12.7. The topological polar surface area (TPSA) is 130 Å². The van der Waals surface area contributed by atoms with E-state index in [2.05, 4.69) is 4.98 Å². The fourth-order valence-electron chi connectivity index (χ4n) is 1.99. The van der Waals surface area contributed by atoms with Gasteiger partial charge in [0.1, 0.15) is 28.5 Å². The number of esters is 1. The van der Waals surface area contributed by atoms with Gasteiger partial charge in [-0.05, 0) is 18.4 Å². The van der Waals surface area contributed by atoms with Gasteiger partial charge in [0, 0.05) is 0 Å². The number of rotatable bonds is 6. The number of ether oxygens (including phenoxy) is 1. The lowest BCUT2D eigenvalue weighted by Crippen LogP contribution is -2.13. The fraction of sp³-hybridized carbons (Fsp3) is 0.188. The molecule has 0 atom stereocenters. The van der Waals surface area contributed by atoms with Crippen LogP contribution in [0.2, 0.25) is 0 Å². The molecular formula is C16H12N4O3S2. The van der Waals surface area contributed by atoms with E-state index in [0.717, 1.165) is 11.8 Å². The maximum Gasteiger partial charge on any atom is 0.316 e. The minimum Gasteiger partial charge on any atom is -0.465 e. The van der Waals surface area contributed by atoms with Gasteiger partial charge in [-0.1, -0.05) is 17.8 Å². The van der Waals surface area contributed by atoms with Crippen molar-refractivity contribution < 1.29 is 14.3 Å². The van der Waals surface area contributed by atoms with Crippen LogP contribution in [0.15, 0.2) is 22.5 Å². The van der Waals surface area contributed by atoms with E-state index in [1.807, 2.05) is 12.1 Å². The average Bonchev–Trinajstić information content (AvgIpc) is 3.13. The van der Waals surface area contributed by atoms with Crippen LogP contribution in [0.25, 0.3) is 0 Å². The van der Waals surface area contributed by atoms with E-state index in [4.69, 9.17) is 10.5 Å². The highest BCUT2D eigenvalue weighted by Gasteiger charge is 2.26. The Bertz CT molecular complexity index is 896. The third-order valence-corrected chi connectivity index (χ3v) is 4.84. The number of nitrogens with zero attached hydrogens (tertiary/aromatic N) is 3. The Labute approximate surface area is 152 Å². The summed E-state index contributed by atoms with van der Waals surface area (Å²) >= 11 is 2.13. The maximum atomic E-state index is 12.7. The van der Waals surface area contributed by atoms with E-state index >= 15 is 0 Å². The first-order chi connectivity index (χ1) is 12.0. The van der Waals surface area contributed by atoms with Crippen LogP contribution in [-0.4, -0.2) is 29.1 Å². The van der Waals surface area contributed by atoms with Gasteiger partial charge in [0.15, 0.2) is 0 Å². The molecule has 7 nitrogen and oxygen atoms in total. The van der Waals surface area contributed by atoms with Crippen LogP contribution >= 0.6 is 23.1 Å². The van der Waals surface area contributed by atoms with Gasteiger partial charge in [-0.2, -0.15) is 10.5 Å². The Morgan fingerprint density at radius 1 is 1.36 bits per heavy atom. The van der Waals surface area contributed by atoms with Gasteiger partial charge in [-0.3, -0.25) is 9.59 Å². The number of nitrogens with two attached hydrogens (primary N) is 1. The molecule has 2 aromatic heterocycles. The number of aromatic nitrogens is 1. The number of hydrogen-bond acceptors (Lipinski definition) is 9. The highest BCUT2D eigenvalue weighted by atomic mass is 32.2. The van der Waals surface area contributed by atoms with Crippen LogP contribution in [0.5, 0.6) is 0 Å². The molecule has 2 N–H and O–H groups in total. The van der Waals surface area contributed by atoms with E-state index in [9.17, 15) is 20.1 Å². The van der Waals surface area contributed by atoms with Crippen LogP contribution in [0.3, 0.4) is 0 Å². The number of carbonyl (C=O) groups is 2. The Kier molecular flexibility index (Phi) is 6.12. The number of anilines is 1. The summed E-state index contributed by atoms with van der Waals surface area (Å²) in [6.45, 7) is 1.91. The standard InChI is InChI=1S/C16H12N4O3S2/c1-2-23-12(21)8-25-16-10(7-18)13(9(6-17)15(19)20-16)14(22)11-4-3-5-24-11/h3-5H,2,8H2,1H3,(H2,19,20). The summed E-state index contributed by atoms with van der Waals surface area (Å²) < 4.78 is 4.83. The van der Waals surface area contributed by atoms with Gasteiger partial charge >= 0.3 is 5.97 Å². The number of pyridine rings is 1. The Morgan fingerprint density at radius 3 is 2.64 bits per heavy atom. The highest BCUT2D eigenvalue weighted by molar-refractivity contribution is 7.99. The Morgan fingerprint density at radius 2 is 2.08 bits per heavy atom. The molecule has 0 aromatic carbocycles. The molecule has 2 heterocycles. The van der Waals surface area contributed by atoms with Gasteiger partial charge in [-0.25, -0.2) is 4.98 Å². The molecule has 25 heavy (non-hydrogen) atoms. The first-order valence-corrected chi connectivity index (χ1v) is 8.90. The van der Waals surface area contributed by atoms with E-state index < -0.39 is 11.8 Å². The first-order valence-electron chi connectivity index (χ1n) is 7.03. The van der Waals surface area contributed by atoms with E-state index in [1.54, 1.807) is 24.4 Å². The second-order valence-electron chi connectivity index (χ2n) is 4.55. The predicted octanol–water partition coefficient (Wildman–Crippen LogP) is 2.35. The fourth-order valence-corrected chi connectivity index (χ4v) is 3.45. The second kappa shape index (κ2) is 8.29. The van der Waals surface area contributed by atoms with Crippen molar-refractivity contribution in [3.05, 3.63) is 39.1 Å². The zero-order valence-corrected chi connectivity index (χ0v) is 14.7. The molecular weight excluding hydrogens is 360 g/mol. The molecule has 0 aliphatic carbocycles. The summed E-state index contributed by atoms with van der Waals surface area (Å²) in [6.07, 6.45) is 0. The van der Waals surface area contributed by atoms with Crippen molar-refractivity contribution in [3.8, 4) is 12.1 Å². The van der Waals surface area contributed by atoms with Crippen molar-refractivity contribution in [2.45, 2.75) is 11.9 Å². The number of nitrogen functional groups attached to an aromatic ring is 1. The highest BCUT2D eigenvalue weighted by Crippen LogP contribution is 2.31. The van der Waals surface area contributed by atoms with Crippen molar-refractivity contribution in [3.63, 3.8) is 0 Å². The zero-order chi connectivity index (χ0) is 18.4. The molecule has 0 saturated heterocycles. The van der Waals surface area contributed by atoms with E-state index in [0.29, 0.717) is 4.88 Å². The van der Waals surface area contributed by atoms with Gasteiger partial charge < -0.3 is 10.5 Å². The molecule has 9 heteroatoms. The van der Waals surface area contributed by atoms with Crippen LogP contribution in [0, 0.1) is 22.7 Å². The van der Waals surface area contributed by atoms with Gasteiger partial charge in [-0.15, -0.1) is 11.3 Å². The Balaban J connectivity index is 2.53. The quantitative estimate of drug-likeness (QED) is 0.464. The molecule has 126 valence electrons. The third kappa shape index (κ3) is 3.97. The molecule has 2 rings (SSSR count). The molecule has 0 unspecified atom stereocenters. The van der Waals surface area contributed by atoms with Crippen molar-refractivity contribution >= 4 is 40.7 Å². The van der Waals surface area contributed by atoms with Gasteiger partial charge in [0.05, 0.1) is 28.4 Å². The first kappa shape index (κ1) is 18.5. The molecule has 0 aliphatic heterocycles. The van der Waals surface area contributed by atoms with Crippen molar-refractivity contribution in [2.75, 3.05) is 18.1 Å². The molecule has 0 fully saturated rings. The van der Waals surface area contributed by atoms with Crippen LogP contribution < -0.4 is 5.73 Å². The zero-order valence-electron chi connectivity index (χ0n) is 13.1. The Hall–Kier alpha value is -2.88. The van der Waals surface area contributed by atoms with Gasteiger partial charge in [0.2, 0.25) is 5.78 Å². The normalized spacial score (nSPS) is 9.88. The minimum atomic E-state index is -0.479. The van der Waals surface area contributed by atoms with Crippen molar-refractivity contribution in [2.24, 2.45) is 0 Å². The van der Waals surface area contributed by atoms with Gasteiger partial charge in [0.25, 0.3) is 0 Å². The van der Waals surface area contributed by atoms with E-state index in [-0.39, 0.29) is 39.9 Å². The molecule has 0 spiro atoms. The largest absolute Gasteiger partial charge is 0.465 e. The predicted molar refractivity (Wildman–Crippen MR) is 93.2 cm³/mol. The number of thiophene rings is 1. The van der Waals surface area contributed by atoms with Crippen molar-refractivity contribution in [1.82, 2.24) is 4.98 Å². The molecule has 2 aromatic rings. The SMILES string of the molecule is CCOC(=O)CSc1nc(N)c(C#N)c(C(=O)c2cccs2)c1C#N. The molecule has 0 amide bonds. The number of hydrogen-bond donors (Lipinski definition) is 1. The van der Waals surface area contributed by atoms with Crippen LogP contribution in [0.1, 0.15) is 33.3 Å². The second-order valence-corrected chi connectivity index (χ2v) is 6.46. The lowest BCUT2D eigenvalue weighted by Gasteiger charge is -2.11. The number of ketones is 1. The van der Waals surface area contributed by atoms with E-state index in [1.165, 1.54) is 11.3 Å². The smallest absolute Gasteiger partial charge is 0.316 e. The monoisotopic (exact) mass is 372 g/mol. The molecule has 0 bridgehead atoms. The summed E-state index contributed by atoms with van der Waals surface area (Å²) in [7, 11) is 0. The lowest BCUT2D eigenvalue weighted by molar-refractivity contribution is -0.139. The molecule has 0 saturated carbocycles. The van der Waals surface area contributed by atoms with Crippen molar-refractivity contribution in [1.29, 1.82) is 10.5 Å². The average molecular weight is 372 g/mol. The van der Waals surface area contributed by atoms with Crippen LogP contribution in [-0.2, 0) is 9.53 Å². The summed E-state index contributed by atoms with van der Waals surface area (Å²) in [5, 5.41) is 20.7. The minimum absolute atomic E-state index is 0.0709. The summed E-state index contributed by atoms with van der Waals surface area (Å²) in [5.74, 6) is -1.21. The summed E-state index contributed by atoms with van der Waals surface area (Å²) in [5.41, 5.74) is 5.49.